The molecule has 2 aliphatic rings. The predicted molar refractivity (Wildman–Crippen MR) is 135 cm³/mol. The molecule has 37 heavy (non-hydrogen) atoms. The second-order valence-corrected chi connectivity index (χ2v) is 9.89. The van der Waals surface area contributed by atoms with E-state index >= 15 is 0 Å². The monoisotopic (exact) mass is 546 g/mol. The molecular formula is C22H22N6O7S2. The number of nitro groups is 1. The molecule has 2 atom stereocenters. The molecule has 3 heterocycles. The zero-order valence-electron chi connectivity index (χ0n) is 19.5. The van der Waals surface area contributed by atoms with Crippen molar-refractivity contribution in [1.29, 1.82) is 0 Å². The number of carbonyl (C=O) groups excluding carboxylic acids is 3. The van der Waals surface area contributed by atoms with E-state index in [2.05, 4.69) is 15.5 Å². The van der Waals surface area contributed by atoms with E-state index in [1.54, 1.807) is 5.38 Å². The molecule has 0 radical (unpaired) electrons. The van der Waals surface area contributed by atoms with E-state index in [1.807, 2.05) is 6.92 Å². The Hall–Kier alpha value is -3.98. The highest BCUT2D eigenvalue weighted by atomic mass is 32.2. The fourth-order valence-corrected chi connectivity index (χ4v) is 5.19. The molecule has 0 bridgehead atoms. The largest absolute Gasteiger partial charge is 0.457 e. The molecule has 13 nitrogen and oxygen atoms in total. The number of nitrogens with two attached hydrogens (primary N) is 1. The fraction of sp³-hybridized carbons (Fsp3) is 0.318. The third-order valence-electron chi connectivity index (χ3n) is 5.28. The van der Waals surface area contributed by atoms with Crippen LogP contribution >= 0.6 is 23.1 Å². The predicted octanol–water partition coefficient (Wildman–Crippen LogP) is 1.79. The number of nitrogens with one attached hydrogen (secondary N) is 1. The van der Waals surface area contributed by atoms with Crippen molar-refractivity contribution in [2.24, 2.45) is 5.16 Å². The van der Waals surface area contributed by atoms with E-state index in [0.717, 1.165) is 11.3 Å². The molecule has 1 aromatic carbocycles. The molecule has 2 aromatic rings. The lowest BCUT2D eigenvalue weighted by atomic mass is 10.1. The molecule has 2 aliphatic heterocycles. The van der Waals surface area contributed by atoms with Gasteiger partial charge in [-0.3, -0.25) is 19.7 Å². The molecule has 0 aliphatic carbocycles. The average Bonchev–Trinajstić information content (AvgIpc) is 3.33. The molecule has 1 saturated heterocycles. The summed E-state index contributed by atoms with van der Waals surface area (Å²) in [7, 11) is 0. The topological polar surface area (TPSA) is 179 Å². The number of non-ortho nitro benzene ring substituents is 1. The smallest absolute Gasteiger partial charge is 0.336 e. The van der Waals surface area contributed by atoms with E-state index in [0.29, 0.717) is 18.6 Å². The highest BCUT2D eigenvalue weighted by Gasteiger charge is 2.50. The maximum Gasteiger partial charge on any atom is 0.336 e. The zero-order chi connectivity index (χ0) is 26.5. The number of esters is 1. The normalized spacial score (nSPS) is 18.8. The molecule has 0 spiro atoms. The van der Waals surface area contributed by atoms with Gasteiger partial charge in [0.1, 0.15) is 30.3 Å². The summed E-state index contributed by atoms with van der Waals surface area (Å²) in [6, 6.07) is 4.84. The maximum absolute atomic E-state index is 12.9. The lowest BCUT2D eigenvalue weighted by Gasteiger charge is -2.47. The number of anilines is 1. The Kier molecular flexibility index (Phi) is 8.03. The van der Waals surface area contributed by atoms with Gasteiger partial charge in [-0.15, -0.1) is 23.1 Å². The Morgan fingerprint density at radius 1 is 1.35 bits per heavy atom. The minimum atomic E-state index is -0.821. The standard InChI is InChI=1S/C22H22N6O7S2/c1-2-7-35-26-16(15-11-37-22(23)24-15)18(29)25-17-19(30)27-8-13(10-36-20(17)27)21(31)34-9-12-3-5-14(6-4-12)28(32)33/h3-6,8,11,17,20H,2,7,9-10H2,1H3,(H2,23,24)(H,25,29)/t17?,20-/m1/s1. The SMILES string of the molecule is CCCON=C(C(=O)NC1C(=O)N2C=C(C(=O)OCc3ccc([N+](=O)[O-])cc3)CS[C@H]12)c1csc(N)n1. The van der Waals surface area contributed by atoms with Crippen molar-refractivity contribution in [2.75, 3.05) is 18.1 Å². The van der Waals surface area contributed by atoms with Crippen LogP contribution in [-0.2, 0) is 30.6 Å². The number of carbonyl (C=O) groups is 3. The second-order valence-electron chi connectivity index (χ2n) is 7.90. The molecule has 4 rings (SSSR count). The number of fused-ring (bicyclic) bond motifs is 1. The zero-order valence-corrected chi connectivity index (χ0v) is 21.1. The summed E-state index contributed by atoms with van der Waals surface area (Å²) < 4.78 is 5.29. The second kappa shape index (κ2) is 11.4. The molecule has 1 aromatic heterocycles. The molecule has 3 N–H and O–H groups in total. The van der Waals surface area contributed by atoms with Gasteiger partial charge in [0.15, 0.2) is 10.8 Å². The van der Waals surface area contributed by atoms with Crippen LogP contribution in [0.5, 0.6) is 0 Å². The summed E-state index contributed by atoms with van der Waals surface area (Å²) in [6.07, 6.45) is 2.11. The van der Waals surface area contributed by atoms with E-state index < -0.39 is 34.1 Å². The van der Waals surface area contributed by atoms with Gasteiger partial charge in [-0.05, 0) is 24.1 Å². The molecule has 194 valence electrons. The van der Waals surface area contributed by atoms with E-state index in [4.69, 9.17) is 15.3 Å². The Morgan fingerprint density at radius 2 is 2.11 bits per heavy atom. The molecule has 1 fully saturated rings. The van der Waals surface area contributed by atoms with Gasteiger partial charge in [0.2, 0.25) is 0 Å². The summed E-state index contributed by atoms with van der Waals surface area (Å²) in [5.74, 6) is -1.35. The van der Waals surface area contributed by atoms with Gasteiger partial charge >= 0.3 is 5.97 Å². The summed E-state index contributed by atoms with van der Waals surface area (Å²) in [5, 5.41) is 18.7. The van der Waals surface area contributed by atoms with Gasteiger partial charge in [0.25, 0.3) is 17.5 Å². The van der Waals surface area contributed by atoms with Gasteiger partial charge < -0.3 is 25.5 Å². The molecule has 2 amide bonds. The third-order valence-corrected chi connectivity index (χ3v) is 7.27. The number of thioether (sulfide) groups is 1. The first-order valence-corrected chi connectivity index (χ1v) is 13.0. The molecule has 0 saturated carbocycles. The Morgan fingerprint density at radius 3 is 2.76 bits per heavy atom. The van der Waals surface area contributed by atoms with Gasteiger partial charge in [0.05, 0.1) is 10.5 Å². The van der Waals surface area contributed by atoms with Gasteiger partial charge in [0, 0.05) is 29.5 Å². The fourth-order valence-electron chi connectivity index (χ4n) is 3.39. The van der Waals surface area contributed by atoms with Crippen LogP contribution < -0.4 is 11.1 Å². The van der Waals surface area contributed by atoms with Crippen LogP contribution in [-0.4, -0.2) is 62.1 Å². The number of oxime groups is 1. The number of amides is 2. The number of aromatic nitrogens is 1. The molecule has 15 heteroatoms. The number of rotatable bonds is 10. The van der Waals surface area contributed by atoms with Crippen LogP contribution in [0.2, 0.25) is 0 Å². The minimum Gasteiger partial charge on any atom is -0.457 e. The number of nitrogens with zero attached hydrogens (tertiary/aromatic N) is 4. The molecule has 1 unspecified atom stereocenters. The van der Waals surface area contributed by atoms with Crippen LogP contribution in [0.1, 0.15) is 24.6 Å². The van der Waals surface area contributed by atoms with Crippen molar-refractivity contribution in [2.45, 2.75) is 31.4 Å². The van der Waals surface area contributed by atoms with Crippen LogP contribution in [0.25, 0.3) is 0 Å². The molecular weight excluding hydrogens is 524 g/mol. The van der Waals surface area contributed by atoms with Crippen molar-refractivity contribution in [3.63, 3.8) is 0 Å². The number of thiazole rings is 1. The Labute approximate surface area is 218 Å². The highest BCUT2D eigenvalue weighted by Crippen LogP contribution is 2.36. The lowest BCUT2D eigenvalue weighted by Crippen LogP contribution is -2.69. The number of ether oxygens (including phenoxy) is 1. The van der Waals surface area contributed by atoms with Crippen molar-refractivity contribution in [3.05, 3.63) is 62.8 Å². The number of β-lactam (4-membered cyclic amide) rings is 1. The summed E-state index contributed by atoms with van der Waals surface area (Å²) in [5.41, 5.74) is 6.65. The number of nitro benzene ring substituents is 1. The van der Waals surface area contributed by atoms with Crippen LogP contribution in [0.3, 0.4) is 0 Å². The van der Waals surface area contributed by atoms with Gasteiger partial charge in [-0.2, -0.15) is 0 Å². The first kappa shape index (κ1) is 26.1. The van der Waals surface area contributed by atoms with E-state index in [-0.39, 0.29) is 40.2 Å². The number of hydrogen-bond acceptors (Lipinski definition) is 12. The quantitative estimate of drug-likeness (QED) is 0.111. The van der Waals surface area contributed by atoms with E-state index in [9.17, 15) is 24.5 Å². The summed E-state index contributed by atoms with van der Waals surface area (Å²) >= 11 is 2.45. The first-order valence-electron chi connectivity index (χ1n) is 11.1. The van der Waals surface area contributed by atoms with Crippen molar-refractivity contribution in [3.8, 4) is 0 Å². The van der Waals surface area contributed by atoms with Crippen molar-refractivity contribution >= 4 is 57.4 Å². The Bertz CT molecular complexity index is 1280. The minimum absolute atomic E-state index is 0.0620. The lowest BCUT2D eigenvalue weighted by molar-refractivity contribution is -0.384. The first-order chi connectivity index (χ1) is 17.8. The van der Waals surface area contributed by atoms with Gasteiger partial charge in [-0.1, -0.05) is 12.1 Å². The maximum atomic E-state index is 12.9. The van der Waals surface area contributed by atoms with Crippen LogP contribution in [0.15, 0.2) is 46.6 Å². The van der Waals surface area contributed by atoms with Gasteiger partial charge in [-0.25, -0.2) is 9.78 Å². The van der Waals surface area contributed by atoms with E-state index in [1.165, 1.54) is 47.1 Å². The van der Waals surface area contributed by atoms with Crippen LogP contribution in [0.4, 0.5) is 10.8 Å². The average molecular weight is 547 g/mol. The Balaban J connectivity index is 1.35. The summed E-state index contributed by atoms with van der Waals surface area (Å²) in [6.45, 7) is 2.13. The summed E-state index contributed by atoms with van der Waals surface area (Å²) in [4.78, 5) is 59.0. The van der Waals surface area contributed by atoms with Crippen molar-refractivity contribution < 1.29 is 28.9 Å². The van der Waals surface area contributed by atoms with Crippen LogP contribution in [0, 0.1) is 10.1 Å². The van der Waals surface area contributed by atoms with Crippen molar-refractivity contribution in [1.82, 2.24) is 15.2 Å². The number of hydrogen-bond donors (Lipinski definition) is 2. The number of nitrogen functional groups attached to an aromatic ring is 1. The highest BCUT2D eigenvalue weighted by molar-refractivity contribution is 8.00. The third kappa shape index (κ3) is 5.89. The number of benzene rings is 1.